The summed E-state index contributed by atoms with van der Waals surface area (Å²) >= 11 is 0. The Morgan fingerprint density at radius 3 is 2.52 bits per heavy atom. The number of ether oxygens (including phenoxy) is 1. The second-order valence-corrected chi connectivity index (χ2v) is 7.75. The van der Waals surface area contributed by atoms with Crippen molar-refractivity contribution in [3.05, 3.63) is 70.1 Å². The largest absolute Gasteiger partial charge is 0.493 e. The summed E-state index contributed by atoms with van der Waals surface area (Å²) in [5.41, 5.74) is 4.27. The zero-order valence-electron chi connectivity index (χ0n) is 17.2. The second kappa shape index (κ2) is 8.70. The van der Waals surface area contributed by atoms with Crippen LogP contribution in [0.1, 0.15) is 17.5 Å². The molecule has 0 spiro atoms. The van der Waals surface area contributed by atoms with Crippen molar-refractivity contribution >= 4 is 16.7 Å². The molecule has 0 saturated carbocycles. The van der Waals surface area contributed by atoms with Crippen LogP contribution in [0, 0.1) is 13.8 Å². The Morgan fingerprint density at radius 2 is 1.72 bits per heavy atom. The minimum atomic E-state index is -0.338. The standard InChI is InChI=1S/C24H28N2O3/c1-18-4-7-21(16-19(18)2)26-13-11-25(12-14-26)10-3-15-28-22-8-5-20-6-9-24(27)29-23(20)17-22/h4-9,16-17H,3,10-15H2,1-2H3. The van der Waals surface area contributed by atoms with Gasteiger partial charge in [0.25, 0.3) is 0 Å². The second-order valence-electron chi connectivity index (χ2n) is 7.75. The summed E-state index contributed by atoms with van der Waals surface area (Å²) in [6.45, 7) is 10.3. The molecule has 29 heavy (non-hydrogen) atoms. The first-order valence-electron chi connectivity index (χ1n) is 10.3. The van der Waals surface area contributed by atoms with Gasteiger partial charge in [0.15, 0.2) is 0 Å². The number of anilines is 1. The molecule has 0 atom stereocenters. The molecule has 2 heterocycles. The monoisotopic (exact) mass is 392 g/mol. The molecule has 5 nitrogen and oxygen atoms in total. The van der Waals surface area contributed by atoms with Gasteiger partial charge in [-0.1, -0.05) is 6.07 Å². The summed E-state index contributed by atoms with van der Waals surface area (Å²) in [6.07, 6.45) is 0.973. The molecule has 0 bridgehead atoms. The van der Waals surface area contributed by atoms with Crippen molar-refractivity contribution in [2.45, 2.75) is 20.3 Å². The fourth-order valence-electron chi connectivity index (χ4n) is 3.76. The quantitative estimate of drug-likeness (QED) is 0.469. The lowest BCUT2D eigenvalue weighted by atomic mass is 10.1. The Bertz CT molecular complexity index is 1040. The molecular formula is C24H28N2O3. The molecule has 4 rings (SSSR count). The third-order valence-electron chi connectivity index (χ3n) is 5.71. The molecule has 152 valence electrons. The van der Waals surface area contributed by atoms with E-state index in [0.717, 1.165) is 50.3 Å². The SMILES string of the molecule is Cc1ccc(N2CCN(CCCOc3ccc4ccc(=O)oc4c3)CC2)cc1C. The number of fused-ring (bicyclic) bond motifs is 1. The fourth-order valence-corrected chi connectivity index (χ4v) is 3.76. The van der Waals surface area contributed by atoms with Crippen molar-refractivity contribution in [1.82, 2.24) is 4.90 Å². The summed E-state index contributed by atoms with van der Waals surface area (Å²) in [5.74, 6) is 0.742. The summed E-state index contributed by atoms with van der Waals surface area (Å²) in [6, 6.07) is 15.6. The number of hydrogen-bond acceptors (Lipinski definition) is 5. The molecule has 1 aliphatic heterocycles. The van der Waals surface area contributed by atoms with Gasteiger partial charge < -0.3 is 14.1 Å². The van der Waals surface area contributed by atoms with Gasteiger partial charge in [0.05, 0.1) is 6.61 Å². The molecular weight excluding hydrogens is 364 g/mol. The van der Waals surface area contributed by atoms with Crippen LogP contribution < -0.4 is 15.3 Å². The highest BCUT2D eigenvalue weighted by Gasteiger charge is 2.17. The predicted molar refractivity (Wildman–Crippen MR) is 117 cm³/mol. The van der Waals surface area contributed by atoms with Gasteiger partial charge in [-0.25, -0.2) is 4.79 Å². The van der Waals surface area contributed by atoms with E-state index in [2.05, 4.69) is 41.8 Å². The highest BCUT2D eigenvalue weighted by molar-refractivity contribution is 5.77. The van der Waals surface area contributed by atoms with Crippen LogP contribution in [0.5, 0.6) is 5.75 Å². The van der Waals surface area contributed by atoms with E-state index in [-0.39, 0.29) is 5.63 Å². The molecule has 1 aliphatic rings. The molecule has 1 aromatic heterocycles. The molecule has 0 unspecified atom stereocenters. The molecule has 2 aromatic carbocycles. The van der Waals surface area contributed by atoms with Crippen molar-refractivity contribution in [1.29, 1.82) is 0 Å². The number of aryl methyl sites for hydroxylation is 2. The van der Waals surface area contributed by atoms with E-state index in [1.165, 1.54) is 22.9 Å². The van der Waals surface area contributed by atoms with Crippen LogP contribution in [0.2, 0.25) is 0 Å². The van der Waals surface area contributed by atoms with Crippen molar-refractivity contribution in [3.63, 3.8) is 0 Å². The molecule has 0 amide bonds. The van der Waals surface area contributed by atoms with Gasteiger partial charge in [-0.2, -0.15) is 0 Å². The Morgan fingerprint density at radius 1 is 0.931 bits per heavy atom. The molecule has 1 fully saturated rings. The molecule has 1 saturated heterocycles. The first kappa shape index (κ1) is 19.5. The van der Waals surface area contributed by atoms with Crippen molar-refractivity contribution in [2.75, 3.05) is 44.2 Å². The lowest BCUT2D eigenvalue weighted by Crippen LogP contribution is -2.46. The van der Waals surface area contributed by atoms with E-state index in [9.17, 15) is 4.79 Å². The van der Waals surface area contributed by atoms with Crippen LogP contribution in [0.15, 0.2) is 57.7 Å². The van der Waals surface area contributed by atoms with Crippen LogP contribution in [-0.4, -0.2) is 44.2 Å². The summed E-state index contributed by atoms with van der Waals surface area (Å²) in [4.78, 5) is 16.3. The summed E-state index contributed by atoms with van der Waals surface area (Å²) in [5, 5.41) is 0.901. The Balaban J connectivity index is 1.22. The maximum atomic E-state index is 11.4. The third kappa shape index (κ3) is 4.80. The molecule has 5 heteroatoms. The maximum Gasteiger partial charge on any atom is 0.336 e. The highest BCUT2D eigenvalue weighted by atomic mass is 16.5. The number of rotatable bonds is 6. The zero-order valence-corrected chi connectivity index (χ0v) is 17.2. The molecule has 3 aromatic rings. The van der Waals surface area contributed by atoms with E-state index in [4.69, 9.17) is 9.15 Å². The molecule has 0 aliphatic carbocycles. The predicted octanol–water partition coefficient (Wildman–Crippen LogP) is 4.00. The summed E-state index contributed by atoms with van der Waals surface area (Å²) in [7, 11) is 0. The van der Waals surface area contributed by atoms with Crippen LogP contribution in [0.25, 0.3) is 11.0 Å². The van der Waals surface area contributed by atoms with Gasteiger partial charge in [0.2, 0.25) is 0 Å². The number of nitrogens with zero attached hydrogens (tertiary/aromatic N) is 2. The van der Waals surface area contributed by atoms with E-state index in [0.29, 0.717) is 12.2 Å². The van der Waals surface area contributed by atoms with Gasteiger partial charge in [0, 0.05) is 55.9 Å². The topological polar surface area (TPSA) is 45.9 Å². The van der Waals surface area contributed by atoms with Crippen molar-refractivity contribution < 1.29 is 9.15 Å². The average molecular weight is 392 g/mol. The average Bonchev–Trinajstić information content (AvgIpc) is 2.73. The zero-order chi connectivity index (χ0) is 20.2. The summed E-state index contributed by atoms with van der Waals surface area (Å²) < 4.78 is 11.1. The Kier molecular flexibility index (Phi) is 5.86. The van der Waals surface area contributed by atoms with E-state index in [1.54, 1.807) is 12.1 Å². The van der Waals surface area contributed by atoms with Crippen LogP contribution in [0.4, 0.5) is 5.69 Å². The van der Waals surface area contributed by atoms with Gasteiger partial charge in [-0.15, -0.1) is 0 Å². The van der Waals surface area contributed by atoms with E-state index < -0.39 is 0 Å². The normalized spacial score (nSPS) is 15.0. The lowest BCUT2D eigenvalue weighted by Gasteiger charge is -2.36. The smallest absolute Gasteiger partial charge is 0.336 e. The maximum absolute atomic E-state index is 11.4. The number of benzene rings is 2. The Hall–Kier alpha value is -2.79. The van der Waals surface area contributed by atoms with Crippen LogP contribution in [0.3, 0.4) is 0 Å². The number of hydrogen-bond donors (Lipinski definition) is 0. The van der Waals surface area contributed by atoms with E-state index in [1.807, 2.05) is 12.1 Å². The van der Waals surface area contributed by atoms with Crippen molar-refractivity contribution in [3.8, 4) is 5.75 Å². The van der Waals surface area contributed by atoms with Gasteiger partial charge in [-0.05, 0) is 61.7 Å². The number of piperazine rings is 1. The van der Waals surface area contributed by atoms with Crippen LogP contribution in [-0.2, 0) is 0 Å². The first-order valence-corrected chi connectivity index (χ1v) is 10.3. The van der Waals surface area contributed by atoms with E-state index >= 15 is 0 Å². The van der Waals surface area contributed by atoms with Gasteiger partial charge >= 0.3 is 5.63 Å². The lowest BCUT2D eigenvalue weighted by molar-refractivity contribution is 0.225. The van der Waals surface area contributed by atoms with Crippen molar-refractivity contribution in [2.24, 2.45) is 0 Å². The first-order chi connectivity index (χ1) is 14.1. The Labute approximate surface area is 171 Å². The van der Waals surface area contributed by atoms with Gasteiger partial charge in [0.1, 0.15) is 11.3 Å². The van der Waals surface area contributed by atoms with Gasteiger partial charge in [-0.3, -0.25) is 4.90 Å². The fraction of sp³-hybridized carbons (Fsp3) is 0.375. The molecule has 0 radical (unpaired) electrons. The minimum Gasteiger partial charge on any atom is -0.493 e. The van der Waals surface area contributed by atoms with Crippen LogP contribution >= 0.6 is 0 Å². The third-order valence-corrected chi connectivity index (χ3v) is 5.71. The minimum absolute atomic E-state index is 0.338. The molecule has 0 N–H and O–H groups in total. The highest BCUT2D eigenvalue weighted by Crippen LogP contribution is 2.21.